The summed E-state index contributed by atoms with van der Waals surface area (Å²) in [5, 5.41) is 14.2. The first kappa shape index (κ1) is 24.3. The van der Waals surface area contributed by atoms with Crippen LogP contribution >= 0.6 is 34.7 Å². The molecule has 2 aromatic carbocycles. The molecule has 0 aliphatic carbocycles. The number of nitrogens with one attached hydrogen (secondary N) is 1. The molecule has 0 amide bonds. The van der Waals surface area contributed by atoms with E-state index in [9.17, 15) is 26.0 Å². The summed E-state index contributed by atoms with van der Waals surface area (Å²) in [6.07, 6.45) is -1.98. The summed E-state index contributed by atoms with van der Waals surface area (Å²) in [5.41, 5.74) is 0.924. The van der Waals surface area contributed by atoms with Crippen molar-refractivity contribution in [2.45, 2.75) is 20.9 Å². The standard InChI is InChI=1S/C19H10ClF4N5O2S3/c20-13-6-17(34(30,31)29-18-28-27-9-32-18)14(21)7-16(13)33-15-2-1-11(19(22,23)24)5-12(15)10-3-4-25-26-8-10/h1-9H,(H,28,29). The number of aromatic nitrogens is 4. The first-order valence-electron chi connectivity index (χ1n) is 8.99. The van der Waals surface area contributed by atoms with Crippen LogP contribution in [0.15, 0.2) is 69.0 Å². The number of hydrogen-bond acceptors (Lipinski definition) is 8. The number of halogens is 5. The zero-order valence-corrected chi connectivity index (χ0v) is 19.6. The van der Waals surface area contributed by atoms with Gasteiger partial charge in [-0.15, -0.1) is 10.2 Å². The lowest BCUT2D eigenvalue weighted by atomic mass is 10.0. The van der Waals surface area contributed by atoms with Gasteiger partial charge in [0.15, 0.2) is 0 Å². The minimum absolute atomic E-state index is 0.0608. The highest BCUT2D eigenvalue weighted by Crippen LogP contribution is 2.42. The van der Waals surface area contributed by atoms with Crippen LogP contribution in [0.2, 0.25) is 5.02 Å². The summed E-state index contributed by atoms with van der Waals surface area (Å²) in [6, 6.07) is 6.33. The number of alkyl halides is 3. The third-order valence-corrected chi connectivity index (χ3v) is 7.93. The van der Waals surface area contributed by atoms with Crippen molar-refractivity contribution in [2.24, 2.45) is 0 Å². The molecule has 0 saturated carbocycles. The second-order valence-corrected chi connectivity index (χ2v) is 10.5. The van der Waals surface area contributed by atoms with E-state index in [1.54, 1.807) is 0 Å². The van der Waals surface area contributed by atoms with E-state index in [-0.39, 0.29) is 20.6 Å². The average Bonchev–Trinajstić information content (AvgIpc) is 3.28. The van der Waals surface area contributed by atoms with Crippen LogP contribution in [0.4, 0.5) is 22.7 Å². The molecule has 15 heteroatoms. The van der Waals surface area contributed by atoms with Crippen molar-refractivity contribution in [3.8, 4) is 11.1 Å². The number of benzene rings is 2. The Labute approximate surface area is 203 Å². The zero-order valence-electron chi connectivity index (χ0n) is 16.4. The maximum absolute atomic E-state index is 14.8. The van der Waals surface area contributed by atoms with Crippen LogP contribution in [-0.4, -0.2) is 28.8 Å². The fourth-order valence-corrected chi connectivity index (χ4v) is 5.87. The quantitative estimate of drug-likeness (QED) is 0.306. The fraction of sp³-hybridized carbons (Fsp3) is 0.0526. The van der Waals surface area contributed by atoms with Gasteiger partial charge < -0.3 is 0 Å². The summed E-state index contributed by atoms with van der Waals surface area (Å²) < 4.78 is 81.8. The molecule has 2 heterocycles. The molecule has 0 spiro atoms. The van der Waals surface area contributed by atoms with Gasteiger partial charge in [0.2, 0.25) is 5.13 Å². The van der Waals surface area contributed by atoms with Crippen molar-refractivity contribution in [3.05, 3.63) is 70.7 Å². The van der Waals surface area contributed by atoms with Gasteiger partial charge >= 0.3 is 6.18 Å². The van der Waals surface area contributed by atoms with Crippen molar-refractivity contribution < 1.29 is 26.0 Å². The smallest absolute Gasteiger partial charge is 0.253 e. The maximum Gasteiger partial charge on any atom is 0.416 e. The Morgan fingerprint density at radius 3 is 2.47 bits per heavy atom. The van der Waals surface area contributed by atoms with Gasteiger partial charge in [-0.1, -0.05) is 34.7 Å². The molecule has 0 saturated heterocycles. The van der Waals surface area contributed by atoms with Crippen LogP contribution in [0.5, 0.6) is 0 Å². The molecule has 4 rings (SSSR count). The predicted octanol–water partition coefficient (Wildman–Crippen LogP) is 5.76. The number of sulfonamides is 1. The zero-order chi connectivity index (χ0) is 24.5. The Morgan fingerprint density at radius 2 is 1.82 bits per heavy atom. The third-order valence-electron chi connectivity index (χ3n) is 4.28. The summed E-state index contributed by atoms with van der Waals surface area (Å²) in [7, 11) is -4.35. The maximum atomic E-state index is 14.8. The number of hydrogen-bond donors (Lipinski definition) is 1. The van der Waals surface area contributed by atoms with E-state index in [0.717, 1.165) is 47.4 Å². The molecular formula is C19H10ClF4N5O2S3. The Hall–Kier alpha value is -2.81. The van der Waals surface area contributed by atoms with Crippen molar-refractivity contribution in [2.75, 3.05) is 4.72 Å². The molecule has 4 aromatic rings. The SMILES string of the molecule is O=S(=O)(Nc1nncs1)c1cc(Cl)c(Sc2ccc(C(F)(F)F)cc2-c2ccnnc2)cc1F. The molecule has 0 radical (unpaired) electrons. The Bertz CT molecular complexity index is 1440. The molecule has 176 valence electrons. The van der Waals surface area contributed by atoms with Crippen molar-refractivity contribution in [1.82, 2.24) is 20.4 Å². The summed E-state index contributed by atoms with van der Waals surface area (Å²) in [4.78, 5) is -0.315. The predicted molar refractivity (Wildman–Crippen MR) is 119 cm³/mol. The molecule has 0 unspecified atom stereocenters. The van der Waals surface area contributed by atoms with Gasteiger partial charge in [-0.05, 0) is 42.0 Å². The molecule has 2 aromatic heterocycles. The first-order chi connectivity index (χ1) is 16.0. The van der Waals surface area contributed by atoms with Gasteiger partial charge in [-0.3, -0.25) is 4.72 Å². The Morgan fingerprint density at radius 1 is 1.03 bits per heavy atom. The third kappa shape index (κ3) is 5.29. The van der Waals surface area contributed by atoms with Crippen LogP contribution in [0.3, 0.4) is 0 Å². The minimum atomic E-state index is -4.59. The highest BCUT2D eigenvalue weighted by molar-refractivity contribution is 7.99. The largest absolute Gasteiger partial charge is 0.416 e. The van der Waals surface area contributed by atoms with E-state index in [1.807, 2.05) is 0 Å². The van der Waals surface area contributed by atoms with Crippen molar-refractivity contribution >= 4 is 49.9 Å². The van der Waals surface area contributed by atoms with E-state index in [0.29, 0.717) is 10.5 Å². The van der Waals surface area contributed by atoms with Crippen LogP contribution in [-0.2, 0) is 16.2 Å². The van der Waals surface area contributed by atoms with Crippen LogP contribution < -0.4 is 4.72 Å². The van der Waals surface area contributed by atoms with E-state index in [1.165, 1.54) is 30.0 Å². The van der Waals surface area contributed by atoms with E-state index in [2.05, 4.69) is 25.1 Å². The average molecular weight is 548 g/mol. The van der Waals surface area contributed by atoms with Crippen LogP contribution in [0, 0.1) is 5.82 Å². The highest BCUT2D eigenvalue weighted by atomic mass is 35.5. The lowest BCUT2D eigenvalue weighted by molar-refractivity contribution is -0.137. The van der Waals surface area contributed by atoms with Crippen LogP contribution in [0.1, 0.15) is 5.56 Å². The number of anilines is 1. The van der Waals surface area contributed by atoms with Gasteiger partial charge in [-0.2, -0.15) is 23.4 Å². The second-order valence-electron chi connectivity index (χ2n) is 6.50. The van der Waals surface area contributed by atoms with Gasteiger partial charge in [0.05, 0.1) is 23.0 Å². The summed E-state index contributed by atoms with van der Waals surface area (Å²) >= 11 is 8.00. The Kier molecular flexibility index (Phi) is 6.75. The second kappa shape index (κ2) is 9.44. The molecule has 0 aliphatic heterocycles. The summed E-state index contributed by atoms with van der Waals surface area (Å²) in [5.74, 6) is -1.11. The van der Waals surface area contributed by atoms with Crippen LogP contribution in [0.25, 0.3) is 11.1 Å². The number of nitrogens with zero attached hydrogens (tertiary/aromatic N) is 4. The molecule has 0 aliphatic rings. The Balaban J connectivity index is 1.72. The number of rotatable bonds is 6. The molecule has 0 bridgehead atoms. The molecule has 0 fully saturated rings. The normalized spacial score (nSPS) is 12.0. The highest BCUT2D eigenvalue weighted by Gasteiger charge is 2.31. The molecular weight excluding hydrogens is 538 g/mol. The van der Waals surface area contributed by atoms with Crippen molar-refractivity contribution in [3.63, 3.8) is 0 Å². The molecule has 1 N–H and O–H groups in total. The molecule has 34 heavy (non-hydrogen) atoms. The first-order valence-corrected chi connectivity index (χ1v) is 12.5. The fourth-order valence-electron chi connectivity index (χ4n) is 2.77. The monoisotopic (exact) mass is 547 g/mol. The summed E-state index contributed by atoms with van der Waals surface area (Å²) in [6.45, 7) is 0. The van der Waals surface area contributed by atoms with Crippen molar-refractivity contribution in [1.29, 1.82) is 0 Å². The van der Waals surface area contributed by atoms with E-state index in [4.69, 9.17) is 11.6 Å². The van der Waals surface area contributed by atoms with Gasteiger partial charge in [-0.25, -0.2) is 12.8 Å². The topological polar surface area (TPSA) is 97.7 Å². The minimum Gasteiger partial charge on any atom is -0.253 e. The van der Waals surface area contributed by atoms with E-state index >= 15 is 0 Å². The molecule has 7 nitrogen and oxygen atoms in total. The van der Waals surface area contributed by atoms with Gasteiger partial charge in [0.25, 0.3) is 10.0 Å². The van der Waals surface area contributed by atoms with Gasteiger partial charge in [0.1, 0.15) is 16.2 Å². The lowest BCUT2D eigenvalue weighted by Gasteiger charge is -2.15. The van der Waals surface area contributed by atoms with Gasteiger partial charge in [0, 0.05) is 15.4 Å². The van der Waals surface area contributed by atoms with E-state index < -0.39 is 32.5 Å². The lowest BCUT2D eigenvalue weighted by Crippen LogP contribution is -2.14. The molecule has 0 atom stereocenters.